The summed E-state index contributed by atoms with van der Waals surface area (Å²) in [7, 11) is 0. The molecular weight excluding hydrogens is 296 g/mol. The van der Waals surface area contributed by atoms with Crippen molar-refractivity contribution in [2.45, 2.75) is 51.6 Å². The predicted molar refractivity (Wildman–Crippen MR) is 82.1 cm³/mol. The maximum absolute atomic E-state index is 12.3. The average molecular weight is 321 g/mol. The van der Waals surface area contributed by atoms with Gasteiger partial charge in [-0.25, -0.2) is 4.79 Å². The van der Waals surface area contributed by atoms with E-state index in [1.54, 1.807) is 13.8 Å². The van der Waals surface area contributed by atoms with Crippen LogP contribution in [0.25, 0.3) is 0 Å². The van der Waals surface area contributed by atoms with Crippen LogP contribution in [0.4, 0.5) is 4.79 Å². The minimum atomic E-state index is -0.874. The molecule has 4 N–H and O–H groups in total. The quantitative estimate of drug-likeness (QED) is 0.615. The van der Waals surface area contributed by atoms with Crippen LogP contribution in [0.5, 0.6) is 0 Å². The van der Waals surface area contributed by atoms with E-state index in [0.29, 0.717) is 12.8 Å². The van der Waals surface area contributed by atoms with Crippen LogP contribution >= 0.6 is 12.4 Å². The lowest BCUT2D eigenvalue weighted by Gasteiger charge is -2.26. The molecule has 1 heterocycles. The lowest BCUT2D eigenvalue weighted by molar-refractivity contribution is -0.135. The van der Waals surface area contributed by atoms with Crippen molar-refractivity contribution in [2.24, 2.45) is 5.73 Å². The monoisotopic (exact) mass is 320 g/mol. The SMILES string of the molecule is CCC1(CC)NC(=O)N(CC(=O)NC(C)(C)CN)C1=O.Cl. The Kier molecular flexibility index (Phi) is 6.63. The van der Waals surface area contributed by atoms with Crippen LogP contribution in [-0.4, -0.2) is 46.9 Å². The van der Waals surface area contributed by atoms with E-state index in [1.165, 1.54) is 0 Å². The van der Waals surface area contributed by atoms with Crippen LogP contribution in [0.2, 0.25) is 0 Å². The topological polar surface area (TPSA) is 105 Å². The molecule has 7 nitrogen and oxygen atoms in total. The van der Waals surface area contributed by atoms with E-state index in [-0.39, 0.29) is 31.4 Å². The zero-order valence-corrected chi connectivity index (χ0v) is 13.8. The minimum Gasteiger partial charge on any atom is -0.348 e. The van der Waals surface area contributed by atoms with Gasteiger partial charge in [0.15, 0.2) is 0 Å². The van der Waals surface area contributed by atoms with Gasteiger partial charge in [0.2, 0.25) is 5.91 Å². The zero-order chi connectivity index (χ0) is 15.6. The van der Waals surface area contributed by atoms with Gasteiger partial charge in [0.25, 0.3) is 5.91 Å². The molecule has 0 saturated carbocycles. The molecule has 4 amide bonds. The second-order valence-electron chi connectivity index (χ2n) is 5.75. The number of hydrogen-bond acceptors (Lipinski definition) is 4. The van der Waals surface area contributed by atoms with Crippen molar-refractivity contribution in [2.75, 3.05) is 13.1 Å². The summed E-state index contributed by atoms with van der Waals surface area (Å²) in [6.45, 7) is 7.21. The summed E-state index contributed by atoms with van der Waals surface area (Å²) in [5.41, 5.74) is 4.09. The molecule has 1 rings (SSSR count). The molecule has 0 aliphatic carbocycles. The van der Waals surface area contributed by atoms with Crippen molar-refractivity contribution < 1.29 is 14.4 Å². The van der Waals surface area contributed by atoms with Crippen molar-refractivity contribution in [1.29, 1.82) is 0 Å². The van der Waals surface area contributed by atoms with Gasteiger partial charge in [0, 0.05) is 12.1 Å². The van der Waals surface area contributed by atoms with Gasteiger partial charge in [-0.15, -0.1) is 12.4 Å². The molecule has 0 aromatic carbocycles. The lowest BCUT2D eigenvalue weighted by Crippen LogP contribution is -2.53. The highest BCUT2D eigenvalue weighted by atomic mass is 35.5. The largest absolute Gasteiger partial charge is 0.348 e. The zero-order valence-electron chi connectivity index (χ0n) is 13.0. The molecule has 8 heteroatoms. The summed E-state index contributed by atoms with van der Waals surface area (Å²) >= 11 is 0. The molecule has 0 spiro atoms. The van der Waals surface area contributed by atoms with Crippen LogP contribution < -0.4 is 16.4 Å². The first kappa shape index (κ1) is 19.7. The van der Waals surface area contributed by atoms with Crippen molar-refractivity contribution in [3.63, 3.8) is 0 Å². The Balaban J connectivity index is 0.00000400. The average Bonchev–Trinajstić information content (AvgIpc) is 2.63. The van der Waals surface area contributed by atoms with E-state index in [1.807, 2.05) is 13.8 Å². The molecule has 0 aromatic rings. The van der Waals surface area contributed by atoms with Gasteiger partial charge in [-0.3, -0.25) is 14.5 Å². The Morgan fingerprint density at radius 1 is 1.33 bits per heavy atom. The molecule has 0 aromatic heterocycles. The fourth-order valence-corrected chi connectivity index (χ4v) is 2.16. The molecule has 122 valence electrons. The van der Waals surface area contributed by atoms with Gasteiger partial charge < -0.3 is 16.4 Å². The maximum atomic E-state index is 12.3. The number of nitrogens with zero attached hydrogens (tertiary/aromatic N) is 1. The third kappa shape index (κ3) is 4.07. The Morgan fingerprint density at radius 2 is 1.86 bits per heavy atom. The Labute approximate surface area is 131 Å². The number of urea groups is 1. The lowest BCUT2D eigenvalue weighted by atomic mass is 9.93. The van der Waals surface area contributed by atoms with Gasteiger partial charge in [-0.05, 0) is 26.7 Å². The molecule has 1 aliphatic rings. The van der Waals surface area contributed by atoms with Gasteiger partial charge >= 0.3 is 6.03 Å². The smallest absolute Gasteiger partial charge is 0.325 e. The number of rotatable bonds is 6. The van der Waals surface area contributed by atoms with Crippen molar-refractivity contribution in [3.05, 3.63) is 0 Å². The molecule has 0 unspecified atom stereocenters. The Hall–Kier alpha value is -1.34. The highest BCUT2D eigenvalue weighted by Crippen LogP contribution is 2.24. The number of nitrogens with one attached hydrogen (secondary N) is 2. The first-order chi connectivity index (χ1) is 9.21. The van der Waals surface area contributed by atoms with Gasteiger partial charge in [-0.2, -0.15) is 0 Å². The summed E-state index contributed by atoms with van der Waals surface area (Å²) < 4.78 is 0. The molecule has 1 fully saturated rings. The third-order valence-electron chi connectivity index (χ3n) is 3.74. The molecular formula is C13H25ClN4O3. The number of imide groups is 1. The first-order valence-electron chi connectivity index (χ1n) is 6.86. The first-order valence-corrected chi connectivity index (χ1v) is 6.86. The van der Waals surface area contributed by atoms with Crippen molar-refractivity contribution in [3.8, 4) is 0 Å². The maximum Gasteiger partial charge on any atom is 0.325 e. The Bertz CT molecular complexity index is 422. The highest BCUT2D eigenvalue weighted by molar-refractivity contribution is 6.09. The molecule has 21 heavy (non-hydrogen) atoms. The molecule has 0 radical (unpaired) electrons. The van der Waals surface area contributed by atoms with E-state index in [0.717, 1.165) is 4.90 Å². The summed E-state index contributed by atoms with van der Waals surface area (Å²) in [4.78, 5) is 37.1. The van der Waals surface area contributed by atoms with Crippen molar-refractivity contribution >= 4 is 30.3 Å². The Morgan fingerprint density at radius 3 is 2.24 bits per heavy atom. The normalized spacial score (nSPS) is 17.3. The predicted octanol–water partition coefficient (Wildman–Crippen LogP) is 0.372. The number of halogens is 1. The fourth-order valence-electron chi connectivity index (χ4n) is 2.16. The molecule has 1 aliphatic heterocycles. The standard InChI is InChI=1S/C13H24N4O3.ClH/c1-5-13(6-2)10(19)17(11(20)16-13)7-9(18)15-12(3,4)8-14;/h5-8,14H2,1-4H3,(H,15,18)(H,16,20);1H. The molecule has 1 saturated heterocycles. The number of amides is 4. The van der Waals surface area contributed by atoms with E-state index in [4.69, 9.17) is 5.73 Å². The van der Waals surface area contributed by atoms with Gasteiger partial charge in [0.1, 0.15) is 12.1 Å². The summed E-state index contributed by atoms with van der Waals surface area (Å²) in [6.07, 6.45) is 1.00. The number of carbonyl (C=O) groups excluding carboxylic acids is 3. The number of hydrogen-bond donors (Lipinski definition) is 3. The van der Waals surface area contributed by atoms with E-state index in [9.17, 15) is 14.4 Å². The fraction of sp³-hybridized carbons (Fsp3) is 0.769. The van der Waals surface area contributed by atoms with E-state index in [2.05, 4.69) is 10.6 Å². The number of carbonyl (C=O) groups is 3. The second-order valence-corrected chi connectivity index (χ2v) is 5.75. The minimum absolute atomic E-state index is 0. The molecule has 0 bridgehead atoms. The van der Waals surface area contributed by atoms with Crippen LogP contribution in [0.3, 0.4) is 0 Å². The van der Waals surface area contributed by atoms with Crippen LogP contribution in [0, 0.1) is 0 Å². The van der Waals surface area contributed by atoms with Gasteiger partial charge in [0.05, 0.1) is 0 Å². The van der Waals surface area contributed by atoms with E-state index < -0.39 is 23.0 Å². The van der Waals surface area contributed by atoms with Crippen LogP contribution in [-0.2, 0) is 9.59 Å². The van der Waals surface area contributed by atoms with Crippen molar-refractivity contribution in [1.82, 2.24) is 15.5 Å². The number of nitrogens with two attached hydrogens (primary N) is 1. The summed E-state index contributed by atoms with van der Waals surface area (Å²) in [6, 6.07) is -0.514. The second kappa shape index (κ2) is 7.09. The van der Waals surface area contributed by atoms with E-state index >= 15 is 0 Å². The highest BCUT2D eigenvalue weighted by Gasteiger charge is 2.49. The van der Waals surface area contributed by atoms with Crippen LogP contribution in [0.15, 0.2) is 0 Å². The van der Waals surface area contributed by atoms with Crippen LogP contribution in [0.1, 0.15) is 40.5 Å². The third-order valence-corrected chi connectivity index (χ3v) is 3.74. The van der Waals surface area contributed by atoms with Gasteiger partial charge in [-0.1, -0.05) is 13.8 Å². The summed E-state index contributed by atoms with van der Waals surface area (Å²) in [5.74, 6) is -0.736. The molecule has 0 atom stereocenters. The summed E-state index contributed by atoms with van der Waals surface area (Å²) in [5, 5.41) is 5.38.